The molecule has 9 aromatic carbocycles. The van der Waals surface area contributed by atoms with Crippen LogP contribution in [-0.2, 0) is 151 Å². The zero-order valence-corrected chi connectivity index (χ0v) is 95.2. The van der Waals surface area contributed by atoms with Crippen LogP contribution in [-0.4, -0.2) is 66.4 Å². The van der Waals surface area contributed by atoms with Gasteiger partial charge >= 0.3 is 105 Å². The molecule has 0 unspecified atom stereocenters. The predicted octanol–water partition coefficient (Wildman–Crippen LogP) is 27.7. The molecule has 0 radical (unpaired) electrons. The molecule has 22 rings (SSSR count). The molecule has 736 valence electrons. The number of carbonyl (C=O) groups excluding carboxylic acids is 2. The second kappa shape index (κ2) is 49.7. The van der Waals surface area contributed by atoms with Gasteiger partial charge in [-0.3, -0.25) is 49.8 Å². The van der Waals surface area contributed by atoms with Crippen molar-refractivity contribution in [2.45, 2.75) is 124 Å². The molecule has 11 aromatic heterocycles. The number of carbonyl (C=O) groups is 2. The van der Waals surface area contributed by atoms with Gasteiger partial charge in [-0.1, -0.05) is 213 Å². The zero-order chi connectivity index (χ0) is 98.5. The van der Waals surface area contributed by atoms with Crippen LogP contribution in [0.25, 0.3) is 113 Å². The van der Waals surface area contributed by atoms with E-state index in [9.17, 15) is 9.59 Å². The van der Waals surface area contributed by atoms with Crippen molar-refractivity contribution in [2.75, 3.05) is 0 Å². The van der Waals surface area contributed by atoms with Crippen LogP contribution in [0.3, 0.4) is 0 Å². The first-order chi connectivity index (χ1) is 68.7. The van der Waals surface area contributed by atoms with Gasteiger partial charge < -0.3 is 27.2 Å². The van der Waals surface area contributed by atoms with Crippen LogP contribution in [0.1, 0.15) is 159 Å². The Morgan fingerprint density at radius 3 is 1.28 bits per heavy atom. The van der Waals surface area contributed by atoms with E-state index >= 15 is 0 Å². The molecule has 21 heteroatoms. The second-order valence-corrected chi connectivity index (χ2v) is 39.2. The molecule has 147 heavy (non-hydrogen) atoms. The molecule has 2 aliphatic heterocycles. The fraction of sp³-hybridized carbons (Fsp3) is 0.135. The normalized spacial score (nSPS) is 12.2. The van der Waals surface area contributed by atoms with Gasteiger partial charge in [-0.15, -0.1) is 197 Å². The van der Waals surface area contributed by atoms with Gasteiger partial charge in [0.15, 0.2) is 0 Å². The van der Waals surface area contributed by atoms with Gasteiger partial charge in [0.25, 0.3) is 0 Å². The van der Waals surface area contributed by atoms with Gasteiger partial charge in [0.1, 0.15) is 16.6 Å². The third kappa shape index (κ3) is 26.8. The van der Waals surface area contributed by atoms with E-state index in [2.05, 4.69) is 217 Å². The molecule has 0 saturated carbocycles. The van der Waals surface area contributed by atoms with E-state index in [0.29, 0.717) is 39.3 Å². The third-order valence-electron chi connectivity index (χ3n) is 24.9. The van der Waals surface area contributed by atoms with Crippen molar-refractivity contribution < 1.29 is 115 Å². The van der Waals surface area contributed by atoms with Crippen molar-refractivity contribution in [3.63, 3.8) is 0 Å². The molecule has 0 spiro atoms. The van der Waals surface area contributed by atoms with Gasteiger partial charge in [0.2, 0.25) is 0 Å². The van der Waals surface area contributed by atoms with Crippen molar-refractivity contribution in [3.8, 4) is 113 Å². The number of ketones is 2. The monoisotopic (exact) mass is 2850 g/mol. The summed E-state index contributed by atoms with van der Waals surface area (Å²) in [4.78, 5) is 84.8. The number of pyridine rings is 9. The van der Waals surface area contributed by atoms with Crippen LogP contribution < -0.4 is 4.98 Å². The van der Waals surface area contributed by atoms with E-state index in [0.717, 1.165) is 146 Å². The zero-order valence-electron chi connectivity index (χ0n) is 82.2. The summed E-state index contributed by atoms with van der Waals surface area (Å²) in [6, 6.07) is 145. The predicted molar refractivity (Wildman–Crippen MR) is 567 cm³/mol. The summed E-state index contributed by atoms with van der Waals surface area (Å²) in [6.07, 6.45) is 6.19. The van der Waals surface area contributed by atoms with Crippen molar-refractivity contribution in [3.05, 3.63) is 504 Å². The van der Waals surface area contributed by atoms with Crippen molar-refractivity contribution >= 4 is 36.0 Å². The topological polar surface area (TPSA) is 190 Å². The molecule has 0 aliphatic carbocycles. The number of nitrogens with zero attached hydrogens (tertiary/aromatic N) is 12. The number of benzene rings is 9. The molecule has 0 saturated heterocycles. The molecule has 0 fully saturated rings. The third-order valence-corrected chi connectivity index (χ3v) is 26.4. The maximum absolute atomic E-state index is 12.9. The second-order valence-electron chi connectivity index (χ2n) is 37.7. The SMILES string of the molecule is CC(C)(C)c1cc(-c2[c-]cccc2)nc(-c2cccc(Sc3ccccc3[S-])n2)c1.CC(C)(c1[c-]cccc1)c1cccc(-c2cncc(-c3[c-]cccc3)n2)n1.CC(C)(c1cccc(-c2cccc(-c3[c-]cccc3)n2)n1)c1ccc[n-]1.CC1(C)Cc2[c-]c(ccc2)C(C)(C)c2[c-]c(ccc2)-c2cccc(n2)-c2cccc1n2.O=C1c2[c-]c(ccc2)C(=O)c2cccc(n2)-c2cccc(n2)-c2[c-]c1ccc2.[Pt+2].[Pt+2].[Pt+2].[Pt+2].[Pt+2]. The maximum atomic E-state index is 12.9. The number of hydrogen-bond donors (Lipinski definition) is 0. The van der Waals surface area contributed by atoms with Crippen LogP contribution in [0, 0.1) is 48.5 Å². The van der Waals surface area contributed by atoms with E-state index in [-0.39, 0.29) is 150 Å². The first-order valence-electron chi connectivity index (χ1n) is 47.0. The van der Waals surface area contributed by atoms with Gasteiger partial charge in [-0.25, -0.2) is 4.98 Å². The molecule has 14 nitrogen and oxygen atoms in total. The summed E-state index contributed by atoms with van der Waals surface area (Å²) in [6.45, 7) is 24.2. The standard InChI is InChI=1S/C29H26N2.C26H23N2S2.C24H19N3.C24H12N2O2.C23H19N3.5Pt/c1-28(2)19-20-9-5-11-22(17-20)29(3,4)23-12-6-10-21(18-23)24-13-7-14-25(30-24)26-15-8-16-27(28)31-26;1-26(2,3)19-16-21(18-10-5-4-6-11-18)27-22(17-19)20-12-9-15-25(28-20)30-24-14-8-7-13-23(24)29;1-24(2,19-12-7-4-8-13-19)23-15-9-14-20(27-23)22-17-25-16-21(26-22)18-10-5-3-6-11-18;27-23-16-6-1-5-15(13-16)19-9-3-10-20(25-19)21-11-4-12-22(26-21)24(28)18-8-2-7-17(23)14-18;1-23(2,21-15-8-16-24-21)22-14-7-13-20(26-22)19-12-6-11-18(25-19)17-9-4-3-5-10-17;;;;;/h5-16H,19H2,1-4H3;4-10,12-17,29H,1-3H3;3-10,12,14-17H,1-2H3;1-12H;3-9,11-16H,1-2H3;;;;;/q-2;-1;3*-2;5*+2/p-1. The number of fused-ring (bicyclic) bond motifs is 20. The molecule has 0 N–H and O–H groups in total. The van der Waals surface area contributed by atoms with E-state index in [1.165, 1.54) is 16.7 Å². The van der Waals surface area contributed by atoms with Crippen molar-refractivity contribution in [2.24, 2.45) is 0 Å². The van der Waals surface area contributed by atoms with Crippen LogP contribution in [0.4, 0.5) is 0 Å². The summed E-state index contributed by atoms with van der Waals surface area (Å²) in [7, 11) is 0. The number of hydrogen-bond acceptors (Lipinski definition) is 15. The van der Waals surface area contributed by atoms with Crippen molar-refractivity contribution in [1.29, 1.82) is 0 Å². The first-order valence-corrected chi connectivity index (χ1v) is 48.2. The summed E-state index contributed by atoms with van der Waals surface area (Å²) in [5, 5.41) is 0.903. The van der Waals surface area contributed by atoms with Crippen LogP contribution in [0.2, 0.25) is 0 Å². The van der Waals surface area contributed by atoms with Crippen LogP contribution >= 0.6 is 11.8 Å². The Morgan fingerprint density at radius 2 is 0.721 bits per heavy atom. The first kappa shape index (κ1) is 111. The Hall–Kier alpha value is -13.0. The fourth-order valence-electron chi connectivity index (χ4n) is 16.6. The van der Waals surface area contributed by atoms with E-state index in [4.69, 9.17) is 52.5 Å². The minimum atomic E-state index is -0.289. The molecule has 2 aliphatic rings. The van der Waals surface area contributed by atoms with Gasteiger partial charge in [0.05, 0.1) is 68.8 Å². The molecular weight excluding hydrogens is 2750 g/mol. The number of rotatable bonds is 12. The van der Waals surface area contributed by atoms with E-state index in [1.54, 1.807) is 66.6 Å². The van der Waals surface area contributed by atoms with Crippen LogP contribution in [0.15, 0.2) is 397 Å². The summed E-state index contributed by atoms with van der Waals surface area (Å²) in [5.74, 6) is -0.533. The smallest absolute Gasteiger partial charge is 0.779 e. The Labute approximate surface area is 943 Å². The van der Waals surface area contributed by atoms with E-state index in [1.807, 2.05) is 255 Å². The van der Waals surface area contributed by atoms with Crippen molar-refractivity contribution in [1.82, 2.24) is 59.8 Å². The molecule has 20 aromatic rings. The number of aromatic nitrogens is 12. The van der Waals surface area contributed by atoms with Gasteiger partial charge in [-0.05, 0) is 136 Å². The fourth-order valence-corrected chi connectivity index (χ4v) is 17.7. The quantitative estimate of drug-likeness (QED) is 0.0828. The van der Waals surface area contributed by atoms with E-state index < -0.39 is 0 Å². The average Bonchev–Trinajstić information content (AvgIpc) is 1.15. The largest absolute Gasteiger partial charge is 2.00 e. The molecule has 0 amide bonds. The summed E-state index contributed by atoms with van der Waals surface area (Å²) < 4.78 is 0. The summed E-state index contributed by atoms with van der Waals surface area (Å²) >= 11 is 7.03. The Balaban J connectivity index is 0.000000152. The Morgan fingerprint density at radius 1 is 0.320 bits per heavy atom. The average molecular weight is 2850 g/mol. The minimum Gasteiger partial charge on any atom is -0.779 e. The summed E-state index contributed by atoms with van der Waals surface area (Å²) in [5.41, 5.74) is 27.1. The minimum absolute atomic E-state index is 0. The Bertz CT molecular complexity index is 7840. The maximum Gasteiger partial charge on any atom is 2.00 e. The molecule has 16 bridgehead atoms. The molecule has 13 heterocycles. The van der Waals surface area contributed by atoms with Gasteiger partial charge in [-0.2, -0.15) is 82.4 Å². The molecule has 0 atom stereocenters. The molecular formula is C126H98N12O2Pt5S2. The van der Waals surface area contributed by atoms with Gasteiger partial charge in [0, 0.05) is 50.9 Å². The van der Waals surface area contributed by atoms with Crippen LogP contribution in [0.5, 0.6) is 0 Å². The Kier molecular flexibility index (Phi) is 37.6.